The molecule has 18 heteroatoms. The monoisotopic (exact) mass is 1030 g/mol. The zero-order chi connectivity index (χ0) is 51.5. The van der Waals surface area contributed by atoms with Crippen LogP contribution in [-0.2, 0) is 25.7 Å². The van der Waals surface area contributed by atoms with E-state index < -0.39 is 47.8 Å². The van der Waals surface area contributed by atoms with E-state index in [2.05, 4.69) is 20.9 Å². The number of nitrogens with zero attached hydrogens (tertiary/aromatic N) is 1. The third kappa shape index (κ3) is 15.9. The highest BCUT2D eigenvalue weighted by atomic mass is 79.9. The highest BCUT2D eigenvalue weighted by Gasteiger charge is 2.43. The lowest BCUT2D eigenvalue weighted by Crippen LogP contribution is -2.42. The number of halogens is 1. The number of aliphatic hydroxyl groups excluding tert-OH is 1. The van der Waals surface area contributed by atoms with E-state index in [0.717, 1.165) is 10.0 Å². The number of aliphatic hydroxyl groups is 1. The molecule has 4 atom stereocenters. The van der Waals surface area contributed by atoms with Crippen molar-refractivity contribution in [1.82, 2.24) is 0 Å². The van der Waals surface area contributed by atoms with Crippen LogP contribution in [0.3, 0.4) is 0 Å². The van der Waals surface area contributed by atoms with E-state index in [1.54, 1.807) is 85.1 Å². The molecule has 0 bridgehead atoms. The number of carboxylic acid groups (broad SMARTS) is 4. The Balaban J connectivity index is 0.000000178. The molecule has 0 spiro atoms. The smallest absolute Gasteiger partial charge is 0.339 e. The Labute approximate surface area is 415 Å². The Morgan fingerprint density at radius 1 is 0.732 bits per heavy atom. The standard InChI is InChI=1S/C15H11NO5.C15H12O4.C12H13BrO3.C11H12O4/c17-12-6-10(2-3-11(12)15(18)19)16-7-9-1-4-13-14(5-9)21-8-20-13;16-14(17)13-9-5-4-8-12(13)10-19-15(18)11-6-2-1-3-7-11;13-10-6-2-1-5-9(10)11(14)7-3-4-8-12(15)16;12-8-4-5-9(13)10-6(8)2-1-3-7(10)11(14)15/h1-7,17H,8H2,(H,18,19);1-9H,10H2,(H,16,17);1-2,5-6H,3-4,7-8H2,(H,15,16);1,3-8,10,12H,2H2,(H,14,15). The first-order valence-electron chi connectivity index (χ1n) is 21.9. The number of carbonyl (C=O) groups is 7. The van der Waals surface area contributed by atoms with Gasteiger partial charge in [0.2, 0.25) is 6.79 Å². The van der Waals surface area contributed by atoms with Crippen molar-refractivity contribution in [2.24, 2.45) is 22.7 Å². The van der Waals surface area contributed by atoms with Crippen LogP contribution in [0.4, 0.5) is 5.69 Å². The first kappa shape index (κ1) is 53.7. The molecular weight excluding hydrogens is 986 g/mol. The van der Waals surface area contributed by atoms with Crippen LogP contribution < -0.4 is 9.47 Å². The summed E-state index contributed by atoms with van der Waals surface area (Å²) in [5, 5.41) is 54.5. The molecule has 6 N–H and O–H groups in total. The van der Waals surface area contributed by atoms with E-state index >= 15 is 0 Å². The average molecular weight is 1030 g/mol. The van der Waals surface area contributed by atoms with Crippen LogP contribution in [0.15, 0.2) is 149 Å². The van der Waals surface area contributed by atoms with Gasteiger partial charge in [0.1, 0.15) is 17.9 Å². The summed E-state index contributed by atoms with van der Waals surface area (Å²) in [6, 6.07) is 31.8. The summed E-state index contributed by atoms with van der Waals surface area (Å²) in [4.78, 5) is 82.3. The number of rotatable bonds is 14. The molecule has 0 amide bonds. The van der Waals surface area contributed by atoms with Crippen molar-refractivity contribution in [2.45, 2.75) is 44.8 Å². The molecule has 0 aromatic heterocycles. The van der Waals surface area contributed by atoms with E-state index in [4.69, 9.17) is 34.6 Å². The van der Waals surface area contributed by atoms with Gasteiger partial charge in [-0.2, -0.15) is 0 Å². The molecule has 0 saturated carbocycles. The highest BCUT2D eigenvalue weighted by Crippen LogP contribution is 2.37. The zero-order valence-corrected chi connectivity index (χ0v) is 39.3. The number of Topliss-reactive ketones (excluding diaryl/α,β-unsaturated/α-hetero) is 1. The fourth-order valence-electron chi connectivity index (χ4n) is 7.30. The Morgan fingerprint density at radius 2 is 1.39 bits per heavy atom. The SMILES string of the molecule is O=C(O)C1C=CCC2C(O)C=CC(=O)C12.O=C(O)CCCCC(=O)c1ccccc1Br.O=C(O)c1ccc(N=Cc2ccc3c(c2)OCO3)cc1O.O=C(OCc1ccccc1C(=O)O)c1ccccc1. The molecule has 0 saturated heterocycles. The number of hydrogen-bond acceptors (Lipinski definition) is 13. The normalized spacial score (nSPS) is 16.9. The second-order valence-electron chi connectivity index (χ2n) is 15.8. The van der Waals surface area contributed by atoms with Crippen LogP contribution in [0.5, 0.6) is 17.2 Å². The second-order valence-corrected chi connectivity index (χ2v) is 16.6. The predicted octanol–water partition coefficient (Wildman–Crippen LogP) is 8.97. The third-order valence-electron chi connectivity index (χ3n) is 10.9. The van der Waals surface area contributed by atoms with Gasteiger partial charge in [0, 0.05) is 52.6 Å². The minimum Gasteiger partial charge on any atom is -0.507 e. The van der Waals surface area contributed by atoms with Crippen LogP contribution in [-0.4, -0.2) is 91.2 Å². The fourth-order valence-corrected chi connectivity index (χ4v) is 7.81. The van der Waals surface area contributed by atoms with Gasteiger partial charge in [-0.3, -0.25) is 24.2 Å². The molecule has 1 aliphatic heterocycles. The van der Waals surface area contributed by atoms with E-state index in [-0.39, 0.29) is 54.2 Å². The van der Waals surface area contributed by atoms with E-state index in [1.807, 2.05) is 24.3 Å². The third-order valence-corrected chi connectivity index (χ3v) is 11.6. The molecule has 2 aliphatic carbocycles. The predicted molar refractivity (Wildman–Crippen MR) is 260 cm³/mol. The lowest BCUT2D eigenvalue weighted by molar-refractivity contribution is -0.146. The number of hydrogen-bond donors (Lipinski definition) is 6. The van der Waals surface area contributed by atoms with E-state index in [0.29, 0.717) is 59.6 Å². The molecule has 17 nitrogen and oxygen atoms in total. The lowest BCUT2D eigenvalue weighted by atomic mass is 9.69. The Kier molecular flexibility index (Phi) is 20.1. The number of aromatic hydroxyl groups is 1. The Morgan fingerprint density at radius 3 is 2.07 bits per heavy atom. The first-order valence-corrected chi connectivity index (χ1v) is 22.7. The number of aliphatic carboxylic acids is 2. The number of benzene rings is 5. The molecule has 0 fully saturated rings. The molecule has 71 heavy (non-hydrogen) atoms. The quantitative estimate of drug-likeness (QED) is 0.0199. The minimum atomic E-state index is -1.18. The number of fused-ring (bicyclic) bond motifs is 2. The van der Waals surface area contributed by atoms with Crippen LogP contribution >= 0.6 is 15.9 Å². The number of phenols is 1. The van der Waals surface area contributed by atoms with Crippen LogP contribution in [0.2, 0.25) is 0 Å². The molecule has 5 aromatic carbocycles. The molecule has 5 aromatic rings. The summed E-state index contributed by atoms with van der Waals surface area (Å²) in [7, 11) is 0. The van der Waals surface area contributed by atoms with Gasteiger partial charge in [0.25, 0.3) is 0 Å². The van der Waals surface area contributed by atoms with Gasteiger partial charge in [-0.1, -0.05) is 88.8 Å². The maximum absolute atomic E-state index is 11.7. The Bertz CT molecular complexity index is 2820. The van der Waals surface area contributed by atoms with Crippen molar-refractivity contribution in [1.29, 1.82) is 0 Å². The molecular formula is C53H48BrNO16. The summed E-state index contributed by atoms with van der Waals surface area (Å²) >= 11 is 3.31. The van der Waals surface area contributed by atoms with E-state index in [9.17, 15) is 43.8 Å². The van der Waals surface area contributed by atoms with Gasteiger partial charge in [-0.25, -0.2) is 14.4 Å². The molecule has 8 rings (SSSR count). The number of ether oxygens (including phenoxy) is 3. The molecule has 4 unspecified atom stereocenters. The number of allylic oxidation sites excluding steroid dienone is 2. The van der Waals surface area contributed by atoms with Crippen molar-refractivity contribution in [2.75, 3.05) is 6.79 Å². The fraction of sp³-hybridized carbons (Fsp3) is 0.208. The number of esters is 1. The molecule has 0 radical (unpaired) electrons. The summed E-state index contributed by atoms with van der Waals surface area (Å²) in [6.45, 7) is 0.149. The molecule has 3 aliphatic rings. The van der Waals surface area contributed by atoms with Gasteiger partial charge in [-0.05, 0) is 85.5 Å². The number of unbranched alkanes of at least 4 members (excludes halogenated alkanes) is 1. The van der Waals surface area contributed by atoms with Crippen molar-refractivity contribution in [3.8, 4) is 17.2 Å². The highest BCUT2D eigenvalue weighted by molar-refractivity contribution is 9.10. The van der Waals surface area contributed by atoms with Crippen LogP contribution in [0.1, 0.15) is 84.7 Å². The summed E-state index contributed by atoms with van der Waals surface area (Å²) in [6.07, 6.45) is 9.16. The maximum Gasteiger partial charge on any atom is 0.339 e. The van der Waals surface area contributed by atoms with Crippen LogP contribution in [0.25, 0.3) is 0 Å². The van der Waals surface area contributed by atoms with E-state index in [1.165, 1.54) is 36.4 Å². The molecule has 1 heterocycles. The van der Waals surface area contributed by atoms with Gasteiger partial charge in [-0.15, -0.1) is 0 Å². The topological polar surface area (TPSA) is 281 Å². The van der Waals surface area contributed by atoms with Crippen molar-refractivity contribution in [3.63, 3.8) is 0 Å². The Hall–Kier alpha value is -8.22. The summed E-state index contributed by atoms with van der Waals surface area (Å²) in [5.74, 6) is -5.30. The van der Waals surface area contributed by atoms with Crippen molar-refractivity contribution in [3.05, 3.63) is 177 Å². The van der Waals surface area contributed by atoms with Gasteiger partial charge in [0.05, 0.1) is 28.8 Å². The van der Waals surface area contributed by atoms with Gasteiger partial charge >= 0.3 is 29.8 Å². The first-order chi connectivity index (χ1) is 34.0. The summed E-state index contributed by atoms with van der Waals surface area (Å²) < 4.78 is 16.4. The minimum absolute atomic E-state index is 0.0536. The zero-order valence-electron chi connectivity index (χ0n) is 37.7. The van der Waals surface area contributed by atoms with Crippen molar-refractivity contribution < 1.29 is 78.4 Å². The number of aliphatic imine (C=N–C) groups is 1. The summed E-state index contributed by atoms with van der Waals surface area (Å²) in [5.41, 5.74) is 2.82. The maximum atomic E-state index is 11.7. The number of aromatic carboxylic acids is 2. The average Bonchev–Trinajstić information content (AvgIpc) is 3.84. The molecule has 368 valence electrons. The lowest BCUT2D eigenvalue weighted by Gasteiger charge is -2.35. The van der Waals surface area contributed by atoms with Gasteiger partial charge < -0.3 is 44.8 Å². The number of ketones is 2. The number of carbonyl (C=O) groups excluding carboxylic acids is 3. The second kappa shape index (κ2) is 26.5. The van der Waals surface area contributed by atoms with Gasteiger partial charge in [0.15, 0.2) is 23.1 Å². The number of carboxylic acids is 4. The van der Waals surface area contributed by atoms with Crippen LogP contribution in [0, 0.1) is 17.8 Å². The largest absolute Gasteiger partial charge is 0.507 e. The van der Waals surface area contributed by atoms with Crippen molar-refractivity contribution >= 4 is 69.2 Å².